The van der Waals surface area contributed by atoms with Gasteiger partial charge in [-0.05, 0) is 0 Å². The molecule has 64 valence electrons. The molecule has 11 heavy (non-hydrogen) atoms. The lowest BCUT2D eigenvalue weighted by molar-refractivity contribution is -0.171. The van der Waals surface area contributed by atoms with Crippen LogP contribution in [0, 0.1) is 0 Å². The van der Waals surface area contributed by atoms with Crippen molar-refractivity contribution in [3.63, 3.8) is 0 Å². The highest BCUT2D eigenvalue weighted by atomic mass is 16.7. The zero-order valence-electron chi connectivity index (χ0n) is 5.30. The number of carbonyl (C=O) groups is 2. The maximum absolute atomic E-state index is 9.88. The number of carbonyl (C=O) groups excluding carboxylic acids is 1. The zero-order chi connectivity index (χ0) is 9.02. The van der Waals surface area contributed by atoms with E-state index in [-0.39, 0.29) is 0 Å². The first-order valence-corrected chi connectivity index (χ1v) is 2.50. The lowest BCUT2D eigenvalue weighted by atomic mass is 10.3. The lowest BCUT2D eigenvalue weighted by Gasteiger charge is -2.12. The van der Waals surface area contributed by atoms with Gasteiger partial charge in [-0.1, -0.05) is 0 Å². The van der Waals surface area contributed by atoms with Gasteiger partial charge in [0.15, 0.2) is 0 Å². The standard InChI is InChI=1S/C4H7NO6/c5-4(10)11-3(9)1(6)2(7)8/h1,3,6,9H,(H2,5,10)(H,7,8). The Bertz CT molecular complexity index is 168. The molecule has 0 aliphatic heterocycles. The third kappa shape index (κ3) is 3.38. The third-order valence-electron chi connectivity index (χ3n) is 0.760. The van der Waals surface area contributed by atoms with E-state index in [1.807, 2.05) is 0 Å². The number of ether oxygens (including phenoxy) is 1. The molecule has 7 heteroatoms. The number of aliphatic carboxylic acids is 1. The fourth-order valence-corrected chi connectivity index (χ4v) is 0.305. The molecule has 0 fully saturated rings. The minimum atomic E-state index is -2.18. The largest absolute Gasteiger partial charge is 0.479 e. The van der Waals surface area contributed by atoms with E-state index in [1.54, 1.807) is 0 Å². The Labute approximate surface area is 61.0 Å². The Morgan fingerprint density at radius 2 is 1.82 bits per heavy atom. The molecule has 7 nitrogen and oxygen atoms in total. The van der Waals surface area contributed by atoms with Crippen LogP contribution in [-0.2, 0) is 9.53 Å². The van der Waals surface area contributed by atoms with Crippen LogP contribution >= 0.6 is 0 Å². The third-order valence-corrected chi connectivity index (χ3v) is 0.760. The minimum absolute atomic E-state index is 1.36. The number of hydrogen-bond donors (Lipinski definition) is 4. The van der Waals surface area contributed by atoms with E-state index in [2.05, 4.69) is 10.5 Å². The summed E-state index contributed by atoms with van der Waals surface area (Å²) in [5, 5.41) is 25.0. The first kappa shape index (κ1) is 9.66. The molecule has 0 rings (SSSR count). The number of hydrogen-bond acceptors (Lipinski definition) is 5. The number of amides is 1. The van der Waals surface area contributed by atoms with Crippen LogP contribution in [-0.4, -0.2) is 39.8 Å². The first-order chi connectivity index (χ1) is 4.95. The van der Waals surface area contributed by atoms with Gasteiger partial charge in [0, 0.05) is 0 Å². The summed E-state index contributed by atoms with van der Waals surface area (Å²) in [5.41, 5.74) is 4.41. The molecule has 2 atom stereocenters. The number of aliphatic hydroxyl groups is 2. The maximum atomic E-state index is 9.88. The van der Waals surface area contributed by atoms with Gasteiger partial charge in [0.05, 0.1) is 0 Å². The molecule has 0 aliphatic carbocycles. The van der Waals surface area contributed by atoms with E-state index >= 15 is 0 Å². The molecule has 0 radical (unpaired) electrons. The number of carboxylic acid groups (broad SMARTS) is 1. The Morgan fingerprint density at radius 3 is 2.09 bits per heavy atom. The summed E-state index contributed by atoms with van der Waals surface area (Å²) in [6.45, 7) is 0. The summed E-state index contributed by atoms with van der Waals surface area (Å²) in [6.07, 6.45) is -5.68. The van der Waals surface area contributed by atoms with Gasteiger partial charge in [-0.2, -0.15) is 0 Å². The monoisotopic (exact) mass is 165 g/mol. The molecule has 5 N–H and O–H groups in total. The van der Waals surface area contributed by atoms with Crippen molar-refractivity contribution in [2.75, 3.05) is 0 Å². The fraction of sp³-hybridized carbons (Fsp3) is 0.500. The molecule has 0 bridgehead atoms. The minimum Gasteiger partial charge on any atom is -0.479 e. The van der Waals surface area contributed by atoms with Gasteiger partial charge in [-0.15, -0.1) is 0 Å². The number of carboxylic acids is 1. The van der Waals surface area contributed by atoms with Gasteiger partial charge in [0.1, 0.15) is 0 Å². The summed E-state index contributed by atoms with van der Waals surface area (Å²) in [5.74, 6) is -1.71. The maximum Gasteiger partial charge on any atom is 0.406 e. The highest BCUT2D eigenvalue weighted by Crippen LogP contribution is 1.94. The summed E-state index contributed by atoms with van der Waals surface area (Å²) < 4.78 is 3.74. The van der Waals surface area contributed by atoms with Crippen LogP contribution in [0.3, 0.4) is 0 Å². The van der Waals surface area contributed by atoms with E-state index in [0.717, 1.165) is 0 Å². The molecule has 2 unspecified atom stereocenters. The first-order valence-electron chi connectivity index (χ1n) is 2.50. The fourth-order valence-electron chi connectivity index (χ4n) is 0.305. The average Bonchev–Trinajstić information content (AvgIpc) is 1.84. The molecule has 0 saturated carbocycles. The second-order valence-corrected chi connectivity index (χ2v) is 1.61. The van der Waals surface area contributed by atoms with Gasteiger partial charge in [0.25, 0.3) is 0 Å². The molecule has 1 amide bonds. The van der Waals surface area contributed by atoms with Gasteiger partial charge < -0.3 is 25.8 Å². The van der Waals surface area contributed by atoms with Crippen LogP contribution in [0.5, 0.6) is 0 Å². The second kappa shape index (κ2) is 3.74. The van der Waals surface area contributed by atoms with Crippen LogP contribution in [0.1, 0.15) is 0 Å². The number of rotatable bonds is 3. The van der Waals surface area contributed by atoms with E-state index in [0.29, 0.717) is 0 Å². The van der Waals surface area contributed by atoms with E-state index in [9.17, 15) is 9.59 Å². The summed E-state index contributed by atoms with van der Waals surface area (Å²) in [7, 11) is 0. The zero-order valence-corrected chi connectivity index (χ0v) is 5.30. The predicted octanol–water partition coefficient (Wildman–Crippen LogP) is -2.15. The van der Waals surface area contributed by atoms with Crippen molar-refractivity contribution < 1.29 is 29.6 Å². The molecule has 0 aromatic heterocycles. The topological polar surface area (TPSA) is 130 Å². The van der Waals surface area contributed by atoms with Crippen LogP contribution < -0.4 is 5.73 Å². The second-order valence-electron chi connectivity index (χ2n) is 1.61. The van der Waals surface area contributed by atoms with Crippen molar-refractivity contribution in [1.29, 1.82) is 0 Å². The molecule has 0 saturated heterocycles. The molecule has 0 aromatic carbocycles. The number of nitrogens with two attached hydrogens (primary N) is 1. The smallest absolute Gasteiger partial charge is 0.406 e. The highest BCUT2D eigenvalue weighted by molar-refractivity contribution is 5.73. The molecular formula is C4H7NO6. The van der Waals surface area contributed by atoms with Crippen LogP contribution in [0.25, 0.3) is 0 Å². The van der Waals surface area contributed by atoms with Crippen molar-refractivity contribution in [2.24, 2.45) is 5.73 Å². The molecular weight excluding hydrogens is 158 g/mol. The van der Waals surface area contributed by atoms with Gasteiger partial charge in [0.2, 0.25) is 12.4 Å². The average molecular weight is 165 g/mol. The predicted molar refractivity (Wildman–Crippen MR) is 30.3 cm³/mol. The van der Waals surface area contributed by atoms with Gasteiger partial charge in [-0.25, -0.2) is 9.59 Å². The number of primary amides is 1. The van der Waals surface area contributed by atoms with Crippen molar-refractivity contribution in [3.8, 4) is 0 Å². The number of aliphatic hydroxyl groups excluding tert-OH is 2. The van der Waals surface area contributed by atoms with Crippen LogP contribution in [0.15, 0.2) is 0 Å². The molecule has 0 spiro atoms. The van der Waals surface area contributed by atoms with Crippen LogP contribution in [0.2, 0.25) is 0 Å². The van der Waals surface area contributed by atoms with Gasteiger partial charge >= 0.3 is 12.1 Å². The highest BCUT2D eigenvalue weighted by Gasteiger charge is 2.26. The van der Waals surface area contributed by atoms with E-state index < -0.39 is 24.5 Å². The van der Waals surface area contributed by atoms with Crippen molar-refractivity contribution in [1.82, 2.24) is 0 Å². The van der Waals surface area contributed by atoms with Crippen molar-refractivity contribution in [3.05, 3.63) is 0 Å². The summed E-state index contributed by atoms with van der Waals surface area (Å²) in [6, 6.07) is 0. The summed E-state index contributed by atoms with van der Waals surface area (Å²) in [4.78, 5) is 19.8. The van der Waals surface area contributed by atoms with Crippen molar-refractivity contribution >= 4 is 12.1 Å². The Kier molecular flexibility index (Phi) is 3.28. The molecule has 0 aliphatic rings. The van der Waals surface area contributed by atoms with Gasteiger partial charge in [-0.3, -0.25) is 0 Å². The van der Waals surface area contributed by atoms with E-state index in [4.69, 9.17) is 15.3 Å². The van der Waals surface area contributed by atoms with E-state index in [1.165, 1.54) is 0 Å². The molecule has 0 heterocycles. The lowest BCUT2D eigenvalue weighted by Crippen LogP contribution is -2.38. The Balaban J connectivity index is 3.92. The Hall–Kier alpha value is -1.34. The normalized spacial score (nSPS) is 15.1. The SMILES string of the molecule is NC(=O)OC(O)C(O)C(=O)O. The Morgan fingerprint density at radius 1 is 1.36 bits per heavy atom. The molecule has 0 aromatic rings. The summed E-state index contributed by atoms with van der Waals surface area (Å²) >= 11 is 0. The quantitative estimate of drug-likeness (QED) is 0.352. The van der Waals surface area contributed by atoms with Crippen LogP contribution in [0.4, 0.5) is 4.79 Å². The van der Waals surface area contributed by atoms with Crippen molar-refractivity contribution in [2.45, 2.75) is 12.4 Å².